The van der Waals surface area contributed by atoms with Crippen molar-refractivity contribution >= 4 is 11.6 Å². The Morgan fingerprint density at radius 3 is 2.40 bits per heavy atom. The number of ketones is 2. The molecule has 2 nitrogen and oxygen atoms in total. The van der Waals surface area contributed by atoms with Gasteiger partial charge in [-0.3, -0.25) is 9.59 Å². The van der Waals surface area contributed by atoms with E-state index in [9.17, 15) is 9.59 Å². The molecule has 0 unspecified atom stereocenters. The van der Waals surface area contributed by atoms with Crippen molar-refractivity contribution < 1.29 is 9.59 Å². The van der Waals surface area contributed by atoms with Crippen molar-refractivity contribution in [3.05, 3.63) is 34.9 Å². The highest BCUT2D eigenvalue weighted by molar-refractivity contribution is 6.21. The van der Waals surface area contributed by atoms with Crippen LogP contribution in [0.3, 0.4) is 0 Å². The summed E-state index contributed by atoms with van der Waals surface area (Å²) in [5, 5.41) is 0. The quantitative estimate of drug-likeness (QED) is 0.442. The smallest absolute Gasteiger partial charge is 0.183 e. The molecule has 2 atom stereocenters. The molecule has 4 rings (SSSR count). The second kappa shape index (κ2) is 2.78. The topological polar surface area (TPSA) is 34.1 Å². The zero-order chi connectivity index (χ0) is 10.6. The lowest BCUT2D eigenvalue weighted by molar-refractivity contribution is -0.116. The molecule has 4 aliphatic rings. The zero-order valence-electron chi connectivity index (χ0n) is 8.62. The third-order valence-corrected chi connectivity index (χ3v) is 3.71. The first-order valence-corrected chi connectivity index (χ1v) is 5.37. The predicted molar refractivity (Wildman–Crippen MR) is 56.2 cm³/mol. The van der Waals surface area contributed by atoms with Crippen molar-refractivity contribution in [3.8, 4) is 0 Å². The molecule has 2 heteroatoms. The summed E-state index contributed by atoms with van der Waals surface area (Å²) in [6.45, 7) is 2.07. The van der Waals surface area contributed by atoms with Gasteiger partial charge in [0.1, 0.15) is 0 Å². The van der Waals surface area contributed by atoms with E-state index >= 15 is 0 Å². The van der Waals surface area contributed by atoms with Gasteiger partial charge in [-0.15, -0.1) is 0 Å². The molecule has 0 amide bonds. The molecule has 0 heterocycles. The summed E-state index contributed by atoms with van der Waals surface area (Å²) >= 11 is 0. The van der Waals surface area contributed by atoms with Crippen molar-refractivity contribution in [1.82, 2.24) is 0 Å². The molecule has 0 radical (unpaired) electrons. The normalized spacial score (nSPS) is 33.3. The standard InChI is InChI=1S/C13H12O2/c1-7-6-8-2-3-9(7)13-11(15)5-4-10(14)12(8)13/h4-6,8-9H,2-3H2,1H3/t8-,9+/m1/s1. The lowest BCUT2D eigenvalue weighted by atomic mass is 9.64. The molecule has 0 fully saturated rings. The number of carbonyl (C=O) groups excluding carboxylic acids is 2. The Morgan fingerprint density at radius 2 is 1.73 bits per heavy atom. The van der Waals surface area contributed by atoms with Crippen molar-refractivity contribution in [3.63, 3.8) is 0 Å². The molecule has 15 heavy (non-hydrogen) atoms. The first-order valence-electron chi connectivity index (χ1n) is 5.37. The number of carbonyl (C=O) groups is 2. The van der Waals surface area contributed by atoms with E-state index in [4.69, 9.17) is 0 Å². The van der Waals surface area contributed by atoms with E-state index in [1.807, 2.05) is 0 Å². The summed E-state index contributed by atoms with van der Waals surface area (Å²) < 4.78 is 0. The monoisotopic (exact) mass is 200 g/mol. The third-order valence-electron chi connectivity index (χ3n) is 3.71. The van der Waals surface area contributed by atoms with Crippen molar-refractivity contribution in [2.45, 2.75) is 19.8 Å². The average molecular weight is 200 g/mol. The second-order valence-electron chi connectivity index (χ2n) is 4.54. The number of allylic oxidation sites excluding steroid dienone is 6. The van der Waals surface area contributed by atoms with Crippen molar-refractivity contribution in [2.24, 2.45) is 11.8 Å². The van der Waals surface area contributed by atoms with Crippen LogP contribution in [0.1, 0.15) is 19.8 Å². The van der Waals surface area contributed by atoms with Gasteiger partial charge in [-0.2, -0.15) is 0 Å². The minimum atomic E-state index is 0.0445. The van der Waals surface area contributed by atoms with Crippen LogP contribution in [0.5, 0.6) is 0 Å². The van der Waals surface area contributed by atoms with Crippen LogP contribution in [0.2, 0.25) is 0 Å². The van der Waals surface area contributed by atoms with Gasteiger partial charge in [-0.1, -0.05) is 11.6 Å². The fourth-order valence-corrected chi connectivity index (χ4v) is 3.03. The molecule has 0 aromatic carbocycles. The maximum absolute atomic E-state index is 11.8. The zero-order valence-corrected chi connectivity index (χ0v) is 8.62. The Bertz CT molecular complexity index is 463. The van der Waals surface area contributed by atoms with Gasteiger partial charge in [0.15, 0.2) is 11.6 Å². The molecule has 0 saturated heterocycles. The van der Waals surface area contributed by atoms with Gasteiger partial charge in [0.25, 0.3) is 0 Å². The Morgan fingerprint density at radius 1 is 1.07 bits per heavy atom. The van der Waals surface area contributed by atoms with E-state index in [1.54, 1.807) is 0 Å². The molecule has 0 aromatic heterocycles. The predicted octanol–water partition coefficient (Wildman–Crippen LogP) is 1.98. The first-order chi connectivity index (χ1) is 7.18. The highest BCUT2D eigenvalue weighted by atomic mass is 16.1. The van der Waals surface area contributed by atoms with E-state index in [2.05, 4.69) is 13.0 Å². The van der Waals surface area contributed by atoms with Crippen LogP contribution >= 0.6 is 0 Å². The molecule has 0 aliphatic heterocycles. The summed E-state index contributed by atoms with van der Waals surface area (Å²) in [7, 11) is 0. The molecular weight excluding hydrogens is 188 g/mol. The molecule has 0 spiro atoms. The SMILES string of the molecule is CC1=C[C@H]2CC[C@@H]1C1=C2C(=O)C=CC1=O. The van der Waals surface area contributed by atoms with Crippen LogP contribution in [-0.2, 0) is 9.59 Å². The van der Waals surface area contributed by atoms with E-state index in [0.717, 1.165) is 24.0 Å². The minimum Gasteiger partial charge on any atom is -0.290 e. The molecule has 4 aliphatic carbocycles. The maximum Gasteiger partial charge on any atom is 0.183 e. The average Bonchev–Trinajstić information content (AvgIpc) is 2.23. The minimum absolute atomic E-state index is 0.0445. The molecule has 2 bridgehead atoms. The van der Waals surface area contributed by atoms with Gasteiger partial charge >= 0.3 is 0 Å². The van der Waals surface area contributed by atoms with Crippen LogP contribution in [-0.4, -0.2) is 11.6 Å². The van der Waals surface area contributed by atoms with Crippen LogP contribution < -0.4 is 0 Å². The Labute approximate surface area is 88.4 Å². The molecule has 0 aromatic rings. The van der Waals surface area contributed by atoms with Gasteiger partial charge in [0.05, 0.1) is 0 Å². The summed E-state index contributed by atoms with van der Waals surface area (Å²) in [6.07, 6.45) is 7.06. The molecule has 0 saturated carbocycles. The van der Waals surface area contributed by atoms with E-state index in [-0.39, 0.29) is 23.4 Å². The number of rotatable bonds is 0. The maximum atomic E-state index is 11.8. The Kier molecular flexibility index (Phi) is 1.64. The number of hydrogen-bond acceptors (Lipinski definition) is 2. The summed E-state index contributed by atoms with van der Waals surface area (Å²) in [4.78, 5) is 23.5. The summed E-state index contributed by atoms with van der Waals surface area (Å²) in [5.74, 6) is 0.507. The highest BCUT2D eigenvalue weighted by Gasteiger charge is 2.40. The fourth-order valence-electron chi connectivity index (χ4n) is 3.03. The first kappa shape index (κ1) is 8.84. The molecular formula is C13H12O2. The number of hydrogen-bond donors (Lipinski definition) is 0. The van der Waals surface area contributed by atoms with Crippen molar-refractivity contribution in [2.75, 3.05) is 0 Å². The van der Waals surface area contributed by atoms with Crippen molar-refractivity contribution in [1.29, 1.82) is 0 Å². The largest absolute Gasteiger partial charge is 0.290 e. The van der Waals surface area contributed by atoms with E-state index in [1.165, 1.54) is 17.7 Å². The summed E-state index contributed by atoms with van der Waals surface area (Å²) in [5.41, 5.74) is 2.84. The Hall–Kier alpha value is -1.44. The lowest BCUT2D eigenvalue weighted by Crippen LogP contribution is -2.33. The lowest BCUT2D eigenvalue weighted by Gasteiger charge is -2.38. The number of fused-ring (bicyclic) bond motifs is 1. The van der Waals surface area contributed by atoms with Gasteiger partial charge in [-0.05, 0) is 31.9 Å². The van der Waals surface area contributed by atoms with E-state index in [0.29, 0.717) is 0 Å². The van der Waals surface area contributed by atoms with Crippen LogP contribution in [0.25, 0.3) is 0 Å². The van der Waals surface area contributed by atoms with Gasteiger partial charge in [0.2, 0.25) is 0 Å². The Balaban J connectivity index is 2.19. The summed E-state index contributed by atoms with van der Waals surface area (Å²) in [6, 6.07) is 0. The van der Waals surface area contributed by atoms with Crippen LogP contribution in [0.15, 0.2) is 34.9 Å². The van der Waals surface area contributed by atoms with Gasteiger partial charge in [-0.25, -0.2) is 0 Å². The molecule has 0 N–H and O–H groups in total. The van der Waals surface area contributed by atoms with Crippen LogP contribution in [0.4, 0.5) is 0 Å². The third kappa shape index (κ3) is 1.05. The van der Waals surface area contributed by atoms with Crippen LogP contribution in [0, 0.1) is 11.8 Å². The second-order valence-corrected chi connectivity index (χ2v) is 4.54. The highest BCUT2D eigenvalue weighted by Crippen LogP contribution is 2.46. The fraction of sp³-hybridized carbons (Fsp3) is 0.385. The van der Waals surface area contributed by atoms with Gasteiger partial charge < -0.3 is 0 Å². The van der Waals surface area contributed by atoms with E-state index < -0.39 is 0 Å². The molecule has 76 valence electrons. The van der Waals surface area contributed by atoms with Gasteiger partial charge in [0, 0.05) is 23.0 Å².